The Balaban J connectivity index is 0.00000261. The zero-order chi connectivity index (χ0) is 18.4. The zero-order valence-electron chi connectivity index (χ0n) is 15.1. The molecule has 3 N–H and O–H groups in total. The van der Waals surface area contributed by atoms with Crippen molar-refractivity contribution in [3.63, 3.8) is 0 Å². The lowest BCUT2D eigenvalue weighted by Gasteiger charge is -2.31. The van der Waals surface area contributed by atoms with Gasteiger partial charge in [-0.15, -0.1) is 23.7 Å². The second kappa shape index (κ2) is 10.2. The van der Waals surface area contributed by atoms with E-state index in [9.17, 15) is 4.79 Å². The number of esters is 1. The van der Waals surface area contributed by atoms with Crippen LogP contribution in [0.15, 0.2) is 34.7 Å². The van der Waals surface area contributed by atoms with Gasteiger partial charge in [0.2, 0.25) is 0 Å². The molecule has 2 heterocycles. The van der Waals surface area contributed by atoms with Gasteiger partial charge in [-0.3, -0.25) is 9.69 Å². The number of aromatic nitrogens is 1. The van der Waals surface area contributed by atoms with Crippen LogP contribution in [0.1, 0.15) is 18.4 Å². The Bertz CT molecular complexity index is 757. The summed E-state index contributed by atoms with van der Waals surface area (Å²) in [5.41, 5.74) is 2.98. The van der Waals surface area contributed by atoms with Gasteiger partial charge < -0.3 is 15.9 Å². The first-order chi connectivity index (χ1) is 12.7. The van der Waals surface area contributed by atoms with Gasteiger partial charge in [0.05, 0.1) is 25.6 Å². The molecule has 1 aromatic heterocycles. The molecular formula is C18H24ClN5O2S. The summed E-state index contributed by atoms with van der Waals surface area (Å²) >= 11 is 1.61. The molecule has 0 radical (unpaired) electrons. The van der Waals surface area contributed by atoms with E-state index in [1.54, 1.807) is 17.6 Å². The molecule has 3 rings (SSSR count). The molecule has 0 saturated carbocycles. The van der Waals surface area contributed by atoms with Crippen molar-refractivity contribution in [3.8, 4) is 11.3 Å². The number of carbonyl (C=O) groups is 1. The van der Waals surface area contributed by atoms with Gasteiger partial charge in [-0.2, -0.15) is 5.10 Å². The minimum Gasteiger partial charge on any atom is -0.468 e. The quantitative estimate of drug-likeness (QED) is 0.329. The van der Waals surface area contributed by atoms with Crippen LogP contribution in [0.25, 0.3) is 11.3 Å². The van der Waals surface area contributed by atoms with Crippen LogP contribution in [-0.2, 0) is 9.53 Å². The summed E-state index contributed by atoms with van der Waals surface area (Å²) in [5.74, 6) is 4.99. The summed E-state index contributed by atoms with van der Waals surface area (Å²) in [6, 6.07) is 8.35. The van der Waals surface area contributed by atoms with Gasteiger partial charge in [-0.25, -0.2) is 4.98 Å². The highest BCUT2D eigenvalue weighted by atomic mass is 35.5. The number of nitrogens with zero attached hydrogens (tertiary/aromatic N) is 3. The van der Waals surface area contributed by atoms with Crippen LogP contribution in [0, 0.1) is 0 Å². The predicted octanol–water partition coefficient (Wildman–Crippen LogP) is 2.57. The van der Waals surface area contributed by atoms with Crippen LogP contribution in [0.3, 0.4) is 0 Å². The molecule has 0 unspecified atom stereocenters. The summed E-state index contributed by atoms with van der Waals surface area (Å²) in [4.78, 5) is 18.2. The minimum atomic E-state index is -0.176. The highest BCUT2D eigenvalue weighted by Crippen LogP contribution is 2.26. The molecule has 7 nitrogen and oxygen atoms in total. The molecule has 0 amide bonds. The van der Waals surface area contributed by atoms with Gasteiger partial charge in [0.1, 0.15) is 0 Å². The Morgan fingerprint density at radius 2 is 2.11 bits per heavy atom. The number of piperidine rings is 1. The van der Waals surface area contributed by atoms with Gasteiger partial charge >= 0.3 is 5.97 Å². The van der Waals surface area contributed by atoms with E-state index >= 15 is 0 Å². The second-order valence-corrected chi connectivity index (χ2v) is 7.07. The molecule has 0 spiro atoms. The average molecular weight is 410 g/mol. The Labute approximate surface area is 169 Å². The number of nitrogens with two attached hydrogens (primary N) is 1. The highest BCUT2D eigenvalue weighted by Gasteiger charge is 2.21. The number of hydrazone groups is 1. The van der Waals surface area contributed by atoms with Crippen molar-refractivity contribution in [1.82, 2.24) is 9.88 Å². The van der Waals surface area contributed by atoms with E-state index in [0.717, 1.165) is 47.9 Å². The van der Waals surface area contributed by atoms with Crippen LogP contribution in [0.2, 0.25) is 0 Å². The third-order valence-electron chi connectivity index (χ3n) is 4.43. The first kappa shape index (κ1) is 21.1. The van der Waals surface area contributed by atoms with Gasteiger partial charge in [-0.1, -0.05) is 24.3 Å². The predicted molar refractivity (Wildman–Crippen MR) is 112 cm³/mol. The Kier molecular flexibility index (Phi) is 8.02. The number of thiazole rings is 1. The maximum Gasteiger partial charge on any atom is 0.319 e. The van der Waals surface area contributed by atoms with Crippen molar-refractivity contribution in [2.75, 3.05) is 32.1 Å². The van der Waals surface area contributed by atoms with Crippen molar-refractivity contribution in [1.29, 1.82) is 0 Å². The fourth-order valence-electron chi connectivity index (χ4n) is 2.96. The molecule has 0 aliphatic carbocycles. The molecule has 0 bridgehead atoms. The first-order valence-corrected chi connectivity index (χ1v) is 9.41. The number of ether oxygens (including phenoxy) is 1. The van der Waals surface area contributed by atoms with E-state index in [2.05, 4.69) is 20.7 Å². The standard InChI is InChI=1S/C18H23N5O2S.ClH/c1-25-17(24)11-23-8-6-15(7-9-23)21-18-22-16(12-26-18)14-4-2-13(3-5-14)10-20-19;/h2-5,10,12,15H,6-9,11,19H2,1H3,(H,21,22);1H. The number of halogens is 1. The molecule has 1 aliphatic heterocycles. The maximum absolute atomic E-state index is 11.3. The molecule has 1 saturated heterocycles. The monoisotopic (exact) mass is 409 g/mol. The molecule has 146 valence electrons. The maximum atomic E-state index is 11.3. The number of hydrogen-bond donors (Lipinski definition) is 2. The highest BCUT2D eigenvalue weighted by molar-refractivity contribution is 7.14. The van der Waals surface area contributed by atoms with Gasteiger partial charge in [-0.05, 0) is 18.4 Å². The Morgan fingerprint density at radius 1 is 1.41 bits per heavy atom. The number of likely N-dealkylation sites (tertiary alicyclic amines) is 1. The number of rotatable bonds is 6. The molecule has 1 fully saturated rings. The lowest BCUT2D eigenvalue weighted by atomic mass is 10.1. The van der Waals surface area contributed by atoms with Crippen LogP contribution >= 0.6 is 23.7 Å². The Morgan fingerprint density at radius 3 is 2.74 bits per heavy atom. The third kappa shape index (κ3) is 5.92. The van der Waals surface area contributed by atoms with Crippen LogP contribution < -0.4 is 11.2 Å². The molecule has 0 atom stereocenters. The third-order valence-corrected chi connectivity index (χ3v) is 5.20. The van der Waals surface area contributed by atoms with E-state index < -0.39 is 0 Å². The second-order valence-electron chi connectivity index (χ2n) is 6.21. The summed E-state index contributed by atoms with van der Waals surface area (Å²) < 4.78 is 4.72. The van der Waals surface area contributed by atoms with Crippen LogP contribution in [0.4, 0.5) is 5.13 Å². The largest absolute Gasteiger partial charge is 0.468 e. The molecule has 1 aromatic carbocycles. The van der Waals surface area contributed by atoms with Crippen molar-refractivity contribution >= 4 is 41.1 Å². The van der Waals surface area contributed by atoms with E-state index in [4.69, 9.17) is 15.6 Å². The minimum absolute atomic E-state index is 0. The number of benzene rings is 1. The number of nitrogens with one attached hydrogen (secondary N) is 1. The smallest absolute Gasteiger partial charge is 0.319 e. The topological polar surface area (TPSA) is 92.8 Å². The number of hydrogen-bond acceptors (Lipinski definition) is 8. The first-order valence-electron chi connectivity index (χ1n) is 8.53. The Hall–Kier alpha value is -2.16. The van der Waals surface area contributed by atoms with Gasteiger partial charge in [0.25, 0.3) is 0 Å². The van der Waals surface area contributed by atoms with Gasteiger partial charge in [0.15, 0.2) is 5.13 Å². The number of carbonyl (C=O) groups excluding carboxylic acids is 1. The molecule has 2 aromatic rings. The van der Waals surface area contributed by atoms with Crippen LogP contribution in [-0.4, -0.2) is 54.9 Å². The molecular weight excluding hydrogens is 386 g/mol. The summed E-state index contributed by atoms with van der Waals surface area (Å²) in [7, 11) is 1.43. The molecule has 9 heteroatoms. The zero-order valence-corrected chi connectivity index (χ0v) is 16.8. The van der Waals surface area contributed by atoms with E-state index in [1.165, 1.54) is 7.11 Å². The summed E-state index contributed by atoms with van der Waals surface area (Å²) in [6.07, 6.45) is 3.59. The van der Waals surface area contributed by atoms with E-state index in [-0.39, 0.29) is 18.4 Å². The normalized spacial score (nSPS) is 15.4. The average Bonchev–Trinajstić information content (AvgIpc) is 3.12. The number of methoxy groups -OCH3 is 1. The van der Waals surface area contributed by atoms with Crippen molar-refractivity contribution < 1.29 is 9.53 Å². The SMILES string of the molecule is COC(=O)CN1CCC(Nc2nc(-c3ccc(C=NN)cc3)cs2)CC1.Cl. The van der Waals surface area contributed by atoms with Crippen molar-refractivity contribution in [3.05, 3.63) is 35.2 Å². The van der Waals surface area contributed by atoms with Crippen molar-refractivity contribution in [2.45, 2.75) is 18.9 Å². The van der Waals surface area contributed by atoms with Gasteiger partial charge in [0, 0.05) is 30.1 Å². The van der Waals surface area contributed by atoms with E-state index in [0.29, 0.717) is 12.6 Å². The fourth-order valence-corrected chi connectivity index (χ4v) is 3.75. The number of anilines is 1. The molecule has 27 heavy (non-hydrogen) atoms. The lowest BCUT2D eigenvalue weighted by Crippen LogP contribution is -2.41. The van der Waals surface area contributed by atoms with Crippen molar-refractivity contribution in [2.24, 2.45) is 10.9 Å². The lowest BCUT2D eigenvalue weighted by molar-refractivity contribution is -0.142. The summed E-state index contributed by atoms with van der Waals surface area (Å²) in [5, 5.41) is 10.0. The van der Waals surface area contributed by atoms with E-state index in [1.807, 2.05) is 24.3 Å². The fraction of sp³-hybridized carbons (Fsp3) is 0.389. The van der Waals surface area contributed by atoms with Crippen LogP contribution in [0.5, 0.6) is 0 Å². The summed E-state index contributed by atoms with van der Waals surface area (Å²) in [6.45, 7) is 2.14. The molecule has 1 aliphatic rings.